The first-order valence-electron chi connectivity index (χ1n) is 9.33. The topological polar surface area (TPSA) is 46.9 Å². The van der Waals surface area contributed by atoms with Crippen molar-refractivity contribution >= 4 is 29.1 Å². The van der Waals surface area contributed by atoms with Crippen molar-refractivity contribution in [3.63, 3.8) is 0 Å². The van der Waals surface area contributed by atoms with E-state index in [1.807, 2.05) is 6.07 Å². The highest BCUT2D eigenvalue weighted by molar-refractivity contribution is 6.31. The van der Waals surface area contributed by atoms with E-state index in [1.54, 1.807) is 28.9 Å². The summed E-state index contributed by atoms with van der Waals surface area (Å²) < 4.78 is 29.4. The van der Waals surface area contributed by atoms with Gasteiger partial charge in [-0.1, -0.05) is 35.3 Å². The van der Waals surface area contributed by atoms with Gasteiger partial charge in [-0.15, -0.1) is 0 Å². The molecule has 2 heterocycles. The Morgan fingerprint density at radius 2 is 1.77 bits per heavy atom. The molecule has 1 aliphatic rings. The number of nitrogens with zero attached hydrogens (tertiary/aromatic N) is 2. The van der Waals surface area contributed by atoms with Crippen LogP contribution in [0.15, 0.2) is 60.7 Å². The number of hydrogen-bond donors (Lipinski definition) is 1. The van der Waals surface area contributed by atoms with Crippen LogP contribution in [0.25, 0.3) is 28.2 Å². The predicted octanol–water partition coefficient (Wildman–Crippen LogP) is 6.03. The molecular weight excluding hydrogens is 443 g/mol. The van der Waals surface area contributed by atoms with Crippen molar-refractivity contribution in [3.05, 3.63) is 93.5 Å². The maximum atomic E-state index is 14.1. The summed E-state index contributed by atoms with van der Waals surface area (Å²) in [6.45, 7) is 0.390. The van der Waals surface area contributed by atoms with Crippen LogP contribution >= 0.6 is 23.2 Å². The van der Waals surface area contributed by atoms with Crippen LogP contribution < -0.4 is 5.32 Å². The summed E-state index contributed by atoms with van der Waals surface area (Å²) in [5.41, 5.74) is 4.29. The average Bonchev–Trinajstić information content (AvgIpc) is 3.34. The number of nitrogens with one attached hydrogen (secondary N) is 1. The lowest BCUT2D eigenvalue weighted by Crippen LogP contribution is -2.12. The fourth-order valence-corrected chi connectivity index (χ4v) is 4.12. The lowest BCUT2D eigenvalue weighted by atomic mass is 10.00. The summed E-state index contributed by atoms with van der Waals surface area (Å²) in [5.74, 6) is -1.19. The highest BCUT2D eigenvalue weighted by Gasteiger charge is 2.24. The van der Waals surface area contributed by atoms with Gasteiger partial charge in [0.15, 0.2) is 0 Å². The Kier molecular flexibility index (Phi) is 4.76. The van der Waals surface area contributed by atoms with Crippen molar-refractivity contribution in [2.24, 2.45) is 0 Å². The van der Waals surface area contributed by atoms with Gasteiger partial charge in [0.25, 0.3) is 5.91 Å². The molecule has 0 unspecified atom stereocenters. The second-order valence-electron chi connectivity index (χ2n) is 7.10. The molecule has 0 spiro atoms. The Labute approximate surface area is 186 Å². The van der Waals surface area contributed by atoms with E-state index in [9.17, 15) is 13.6 Å². The molecule has 1 aliphatic heterocycles. The molecule has 0 aliphatic carbocycles. The Morgan fingerprint density at radius 1 is 0.968 bits per heavy atom. The van der Waals surface area contributed by atoms with Gasteiger partial charge in [-0.25, -0.2) is 13.5 Å². The maximum absolute atomic E-state index is 14.1. The van der Waals surface area contributed by atoms with Crippen LogP contribution in [0.5, 0.6) is 0 Å². The van der Waals surface area contributed by atoms with E-state index in [4.69, 9.17) is 28.3 Å². The zero-order chi connectivity index (χ0) is 21.7. The highest BCUT2D eigenvalue weighted by Crippen LogP contribution is 2.34. The quantitative estimate of drug-likeness (QED) is 0.409. The molecule has 3 aromatic carbocycles. The largest absolute Gasteiger partial charge is 0.348 e. The highest BCUT2D eigenvalue weighted by atomic mass is 35.5. The third-order valence-corrected chi connectivity index (χ3v) is 5.65. The number of carbonyl (C=O) groups excluding carboxylic acids is 1. The van der Waals surface area contributed by atoms with Gasteiger partial charge in [-0.2, -0.15) is 5.10 Å². The summed E-state index contributed by atoms with van der Waals surface area (Å²) in [5, 5.41) is 7.67. The van der Waals surface area contributed by atoms with Crippen molar-refractivity contribution in [3.8, 4) is 28.2 Å². The van der Waals surface area contributed by atoms with Crippen LogP contribution in [0.3, 0.4) is 0 Å². The number of halogens is 4. The van der Waals surface area contributed by atoms with Gasteiger partial charge in [-0.05, 0) is 54.1 Å². The summed E-state index contributed by atoms with van der Waals surface area (Å²) in [6.07, 6.45) is 0. The average molecular weight is 456 g/mol. The van der Waals surface area contributed by atoms with E-state index in [0.717, 1.165) is 11.1 Å². The van der Waals surface area contributed by atoms with E-state index < -0.39 is 11.6 Å². The van der Waals surface area contributed by atoms with Gasteiger partial charge in [0.05, 0.1) is 22.1 Å². The molecule has 4 nitrogen and oxygen atoms in total. The van der Waals surface area contributed by atoms with Gasteiger partial charge in [0, 0.05) is 28.3 Å². The van der Waals surface area contributed by atoms with E-state index >= 15 is 0 Å². The second kappa shape index (κ2) is 7.48. The minimum Gasteiger partial charge on any atom is -0.348 e. The van der Waals surface area contributed by atoms with Crippen molar-refractivity contribution in [1.82, 2.24) is 15.1 Å². The summed E-state index contributed by atoms with van der Waals surface area (Å²) in [6, 6.07) is 15.6. The lowest BCUT2D eigenvalue weighted by Gasteiger charge is -2.09. The second-order valence-corrected chi connectivity index (χ2v) is 7.94. The minimum absolute atomic E-state index is 0.0619. The number of rotatable bonds is 3. The zero-order valence-corrected chi connectivity index (χ0v) is 17.3. The van der Waals surface area contributed by atoms with Gasteiger partial charge >= 0.3 is 0 Å². The van der Waals surface area contributed by atoms with Gasteiger partial charge in [-0.3, -0.25) is 4.79 Å². The smallest absolute Gasteiger partial charge is 0.251 e. The molecule has 8 heteroatoms. The molecule has 1 aromatic heterocycles. The number of aromatic nitrogens is 2. The number of fused-ring (bicyclic) bond motifs is 1. The molecule has 0 saturated carbocycles. The number of amides is 1. The molecule has 1 amide bonds. The third-order valence-electron chi connectivity index (χ3n) is 5.14. The third kappa shape index (κ3) is 3.48. The Balaban J connectivity index is 1.75. The molecule has 154 valence electrons. The molecule has 0 saturated heterocycles. The van der Waals surface area contributed by atoms with Crippen LogP contribution in [0.1, 0.15) is 15.9 Å². The van der Waals surface area contributed by atoms with E-state index in [1.165, 1.54) is 30.3 Å². The van der Waals surface area contributed by atoms with Crippen LogP contribution in [0.2, 0.25) is 10.0 Å². The minimum atomic E-state index is -0.557. The van der Waals surface area contributed by atoms with Crippen molar-refractivity contribution in [2.75, 3.05) is 0 Å². The predicted molar refractivity (Wildman–Crippen MR) is 116 cm³/mol. The fourth-order valence-electron chi connectivity index (χ4n) is 3.73. The van der Waals surface area contributed by atoms with Crippen LogP contribution in [0, 0.1) is 11.6 Å². The van der Waals surface area contributed by atoms with Crippen molar-refractivity contribution < 1.29 is 13.6 Å². The molecule has 0 atom stereocenters. The molecule has 0 bridgehead atoms. The monoisotopic (exact) mass is 455 g/mol. The van der Waals surface area contributed by atoms with Gasteiger partial charge in [0.2, 0.25) is 0 Å². The number of carbonyl (C=O) groups is 1. The molecule has 31 heavy (non-hydrogen) atoms. The van der Waals surface area contributed by atoms with Gasteiger partial charge in [0.1, 0.15) is 11.6 Å². The first-order chi connectivity index (χ1) is 14.9. The molecule has 5 rings (SSSR count). The molecule has 4 aromatic rings. The Hall–Kier alpha value is -3.22. The molecule has 0 radical (unpaired) electrons. The van der Waals surface area contributed by atoms with E-state index in [0.29, 0.717) is 34.7 Å². The number of benzene rings is 3. The molecule has 0 fully saturated rings. The van der Waals surface area contributed by atoms with Gasteiger partial charge < -0.3 is 5.32 Å². The first-order valence-corrected chi connectivity index (χ1v) is 10.1. The van der Waals surface area contributed by atoms with E-state index in [2.05, 4.69) is 5.32 Å². The summed E-state index contributed by atoms with van der Waals surface area (Å²) in [7, 11) is 0. The first kappa shape index (κ1) is 19.7. The van der Waals surface area contributed by atoms with Crippen molar-refractivity contribution in [1.29, 1.82) is 0 Å². The van der Waals surface area contributed by atoms with Crippen LogP contribution in [0.4, 0.5) is 8.78 Å². The molecule has 1 N–H and O–H groups in total. The standard InChI is InChI=1S/C23H13Cl2F2N3O/c24-13-6-12(7-14(26)8-13)22-10-21(16-2-1-3-17-18(16)11-28-23(17)31)29-30(22)15-4-5-20(27)19(25)9-15/h1-10H,11H2,(H,28,31). The molecular formula is C23H13Cl2F2N3O. The summed E-state index contributed by atoms with van der Waals surface area (Å²) >= 11 is 12.1. The lowest BCUT2D eigenvalue weighted by molar-refractivity contribution is 0.0965. The Morgan fingerprint density at radius 3 is 2.55 bits per heavy atom. The van der Waals surface area contributed by atoms with Crippen molar-refractivity contribution in [2.45, 2.75) is 6.54 Å². The maximum Gasteiger partial charge on any atom is 0.251 e. The summed E-state index contributed by atoms with van der Waals surface area (Å²) in [4.78, 5) is 12.1. The van der Waals surface area contributed by atoms with Crippen LogP contribution in [-0.4, -0.2) is 15.7 Å². The normalized spacial score (nSPS) is 12.7. The Bertz CT molecular complexity index is 1350. The van der Waals surface area contributed by atoms with Crippen LogP contribution in [-0.2, 0) is 6.54 Å². The number of hydrogen-bond acceptors (Lipinski definition) is 2. The SMILES string of the molecule is O=C1NCc2c1cccc2-c1cc(-c2cc(F)cc(Cl)c2)n(-c2ccc(F)c(Cl)c2)n1. The zero-order valence-electron chi connectivity index (χ0n) is 15.8. The fraction of sp³-hybridized carbons (Fsp3) is 0.0435. The van der Waals surface area contributed by atoms with E-state index in [-0.39, 0.29) is 16.0 Å².